The van der Waals surface area contributed by atoms with Crippen LogP contribution in [0, 0.1) is 6.92 Å². The van der Waals surface area contributed by atoms with Crippen LogP contribution in [-0.2, 0) is 16.6 Å². The van der Waals surface area contributed by atoms with E-state index in [-0.39, 0.29) is 0 Å². The van der Waals surface area contributed by atoms with Gasteiger partial charge in [-0.25, -0.2) is 9.93 Å². The van der Waals surface area contributed by atoms with E-state index in [1.165, 1.54) is 6.26 Å². The molecule has 6 nitrogen and oxygen atoms in total. The van der Waals surface area contributed by atoms with Gasteiger partial charge in [0, 0.05) is 12.0 Å². The van der Waals surface area contributed by atoms with E-state index in [1.54, 1.807) is 30.3 Å². The Kier molecular flexibility index (Phi) is 3.91. The maximum absolute atomic E-state index is 11.7. The third-order valence-electron chi connectivity index (χ3n) is 2.78. The minimum absolute atomic E-state index is 0.350. The maximum Gasteiger partial charge on any atom is 0.339 e. The van der Waals surface area contributed by atoms with Gasteiger partial charge in [0.05, 0.1) is 12.0 Å². The predicted molar refractivity (Wildman–Crippen MR) is 75.7 cm³/mol. The number of benzene rings is 1. The number of aryl methyl sites for hydroxylation is 1. The Balaban J connectivity index is 2.31. The molecule has 3 N–H and O–H groups in total. The van der Waals surface area contributed by atoms with Gasteiger partial charge in [0.2, 0.25) is 0 Å². The average molecular weight is 294 g/mol. The molecule has 7 heteroatoms. The van der Waals surface area contributed by atoms with Crippen molar-refractivity contribution in [2.75, 3.05) is 4.72 Å². The SMILES string of the molecule is Cc1ccoc(=O)c1Cc1cccc(NS(N)(=O)=O)c1. The summed E-state index contributed by atoms with van der Waals surface area (Å²) in [5, 5.41) is 4.91. The van der Waals surface area contributed by atoms with Crippen LogP contribution in [-0.4, -0.2) is 8.42 Å². The molecule has 20 heavy (non-hydrogen) atoms. The number of hydrogen-bond acceptors (Lipinski definition) is 4. The number of hydrogen-bond donors (Lipinski definition) is 2. The summed E-state index contributed by atoms with van der Waals surface area (Å²) in [5.41, 5.74) is 2.10. The lowest BCUT2D eigenvalue weighted by atomic mass is 10.0. The molecule has 0 atom stereocenters. The first-order chi connectivity index (χ1) is 9.35. The summed E-state index contributed by atoms with van der Waals surface area (Å²) < 4.78 is 29.0. The molecule has 0 amide bonds. The van der Waals surface area contributed by atoms with Crippen molar-refractivity contribution in [3.8, 4) is 0 Å². The summed E-state index contributed by atoms with van der Waals surface area (Å²) in [6, 6.07) is 8.39. The van der Waals surface area contributed by atoms with Gasteiger partial charge in [-0.15, -0.1) is 0 Å². The summed E-state index contributed by atoms with van der Waals surface area (Å²) in [6.45, 7) is 1.82. The van der Waals surface area contributed by atoms with Crippen molar-refractivity contribution in [3.63, 3.8) is 0 Å². The summed E-state index contributed by atoms with van der Waals surface area (Å²) in [5.74, 6) is 0. The molecule has 0 aliphatic rings. The van der Waals surface area contributed by atoms with Crippen molar-refractivity contribution in [2.45, 2.75) is 13.3 Å². The highest BCUT2D eigenvalue weighted by atomic mass is 32.2. The van der Waals surface area contributed by atoms with E-state index < -0.39 is 15.8 Å². The number of anilines is 1. The fourth-order valence-electron chi connectivity index (χ4n) is 1.86. The molecule has 0 spiro atoms. The van der Waals surface area contributed by atoms with Crippen LogP contribution in [0.3, 0.4) is 0 Å². The normalized spacial score (nSPS) is 11.3. The zero-order valence-corrected chi connectivity index (χ0v) is 11.6. The van der Waals surface area contributed by atoms with Crippen molar-refractivity contribution in [3.05, 3.63) is 63.7 Å². The number of nitrogens with one attached hydrogen (secondary N) is 1. The zero-order valence-electron chi connectivity index (χ0n) is 10.8. The lowest BCUT2D eigenvalue weighted by Crippen LogP contribution is -2.21. The van der Waals surface area contributed by atoms with Crippen molar-refractivity contribution < 1.29 is 12.8 Å². The second kappa shape index (κ2) is 5.48. The topological polar surface area (TPSA) is 102 Å². The second-order valence-corrected chi connectivity index (χ2v) is 5.69. The molecular weight excluding hydrogens is 280 g/mol. The van der Waals surface area contributed by atoms with Crippen molar-refractivity contribution >= 4 is 15.9 Å². The van der Waals surface area contributed by atoms with Gasteiger partial charge in [-0.3, -0.25) is 4.72 Å². The van der Waals surface area contributed by atoms with Crippen LogP contribution in [0.2, 0.25) is 0 Å². The van der Waals surface area contributed by atoms with Crippen molar-refractivity contribution in [1.29, 1.82) is 0 Å². The first-order valence-corrected chi connectivity index (χ1v) is 7.36. The van der Waals surface area contributed by atoms with Crippen LogP contribution < -0.4 is 15.5 Å². The Bertz CT molecular complexity index is 781. The second-order valence-electron chi connectivity index (χ2n) is 4.39. The van der Waals surface area contributed by atoms with Crippen LogP contribution in [0.25, 0.3) is 0 Å². The Morgan fingerprint density at radius 3 is 2.70 bits per heavy atom. The van der Waals surface area contributed by atoms with Gasteiger partial charge in [-0.05, 0) is 36.2 Å². The summed E-state index contributed by atoms with van der Waals surface area (Å²) in [4.78, 5) is 11.7. The molecule has 1 aromatic carbocycles. The molecule has 0 radical (unpaired) electrons. The van der Waals surface area contributed by atoms with Gasteiger partial charge in [-0.1, -0.05) is 12.1 Å². The van der Waals surface area contributed by atoms with E-state index in [1.807, 2.05) is 6.92 Å². The van der Waals surface area contributed by atoms with Crippen molar-refractivity contribution in [2.24, 2.45) is 5.14 Å². The molecule has 0 fully saturated rings. The van der Waals surface area contributed by atoms with Crippen LogP contribution in [0.4, 0.5) is 5.69 Å². The van der Waals surface area contributed by atoms with Crippen LogP contribution in [0.15, 0.2) is 45.8 Å². The van der Waals surface area contributed by atoms with Gasteiger partial charge >= 0.3 is 5.63 Å². The molecule has 1 heterocycles. The highest BCUT2D eigenvalue weighted by Gasteiger charge is 2.08. The van der Waals surface area contributed by atoms with Crippen LogP contribution >= 0.6 is 0 Å². The first kappa shape index (κ1) is 14.3. The van der Waals surface area contributed by atoms with E-state index in [0.717, 1.165) is 11.1 Å². The lowest BCUT2D eigenvalue weighted by molar-refractivity contribution is 0.501. The molecule has 0 aliphatic heterocycles. The van der Waals surface area contributed by atoms with E-state index in [4.69, 9.17) is 9.56 Å². The van der Waals surface area contributed by atoms with Gasteiger partial charge in [-0.2, -0.15) is 8.42 Å². The molecular formula is C13H14N2O4S. The van der Waals surface area contributed by atoms with Crippen LogP contribution in [0.1, 0.15) is 16.7 Å². The molecule has 0 saturated heterocycles. The van der Waals surface area contributed by atoms with Crippen molar-refractivity contribution in [1.82, 2.24) is 0 Å². The molecule has 0 saturated carbocycles. The lowest BCUT2D eigenvalue weighted by Gasteiger charge is -2.07. The largest absolute Gasteiger partial charge is 0.431 e. The molecule has 0 unspecified atom stereocenters. The Hall–Kier alpha value is -2.12. The molecule has 2 aromatic rings. The van der Waals surface area contributed by atoms with Gasteiger partial charge in [0.15, 0.2) is 0 Å². The average Bonchev–Trinajstić information content (AvgIpc) is 2.32. The Labute approximate surface area is 116 Å². The molecule has 1 aromatic heterocycles. The van der Waals surface area contributed by atoms with E-state index in [9.17, 15) is 13.2 Å². The number of rotatable bonds is 4. The third kappa shape index (κ3) is 3.69. The third-order valence-corrected chi connectivity index (χ3v) is 3.30. The van der Waals surface area contributed by atoms with E-state index in [2.05, 4.69) is 4.72 Å². The fraction of sp³-hybridized carbons (Fsp3) is 0.154. The standard InChI is InChI=1S/C13H14N2O4S/c1-9-5-6-19-13(16)12(9)8-10-3-2-4-11(7-10)15-20(14,17)18/h2-7,15H,8H2,1H3,(H2,14,17,18). The Morgan fingerprint density at radius 1 is 1.30 bits per heavy atom. The summed E-state index contributed by atoms with van der Waals surface area (Å²) in [6.07, 6.45) is 1.70. The summed E-state index contributed by atoms with van der Waals surface area (Å²) >= 11 is 0. The van der Waals surface area contributed by atoms with E-state index in [0.29, 0.717) is 17.7 Å². The molecule has 2 rings (SSSR count). The van der Waals surface area contributed by atoms with Gasteiger partial charge < -0.3 is 4.42 Å². The molecule has 0 aliphatic carbocycles. The smallest absolute Gasteiger partial charge is 0.339 e. The maximum atomic E-state index is 11.7. The Morgan fingerprint density at radius 2 is 2.05 bits per heavy atom. The monoisotopic (exact) mass is 294 g/mol. The number of nitrogens with two attached hydrogens (primary N) is 1. The van der Waals surface area contributed by atoms with Crippen LogP contribution in [0.5, 0.6) is 0 Å². The minimum Gasteiger partial charge on any atom is -0.431 e. The minimum atomic E-state index is -3.81. The quantitative estimate of drug-likeness (QED) is 0.883. The molecule has 106 valence electrons. The summed E-state index contributed by atoms with van der Waals surface area (Å²) in [7, 11) is -3.81. The predicted octanol–water partition coefficient (Wildman–Crippen LogP) is 1.15. The highest BCUT2D eigenvalue weighted by Crippen LogP contribution is 2.15. The van der Waals surface area contributed by atoms with Gasteiger partial charge in [0.1, 0.15) is 0 Å². The zero-order chi connectivity index (χ0) is 14.8. The van der Waals surface area contributed by atoms with E-state index >= 15 is 0 Å². The first-order valence-electron chi connectivity index (χ1n) is 5.82. The van der Waals surface area contributed by atoms with Gasteiger partial charge in [0.25, 0.3) is 10.2 Å². The highest BCUT2D eigenvalue weighted by molar-refractivity contribution is 7.90. The fourth-order valence-corrected chi connectivity index (χ4v) is 2.31. The molecule has 0 bridgehead atoms.